The van der Waals surface area contributed by atoms with Gasteiger partial charge in [0.1, 0.15) is 29.6 Å². The molecule has 4 heterocycles. The molecule has 5 rings (SSSR count). The fourth-order valence-electron chi connectivity index (χ4n) is 5.05. The summed E-state index contributed by atoms with van der Waals surface area (Å²) in [4.78, 5) is 30.8. The number of fused-ring (bicyclic) bond motifs is 1. The van der Waals surface area contributed by atoms with Crippen molar-refractivity contribution < 1.29 is 9.18 Å². The van der Waals surface area contributed by atoms with Crippen LogP contribution in [0.4, 0.5) is 16.0 Å². The first-order valence-electron chi connectivity index (χ1n) is 12.2. The number of imidazole rings is 1. The molecular weight excluding hydrogens is 481 g/mol. The van der Waals surface area contributed by atoms with Crippen LogP contribution in [0.15, 0.2) is 30.7 Å². The van der Waals surface area contributed by atoms with Gasteiger partial charge < -0.3 is 19.7 Å². The average molecular weight is 512 g/mol. The van der Waals surface area contributed by atoms with Gasteiger partial charge in [0.25, 0.3) is 0 Å². The molecule has 1 aromatic carbocycles. The van der Waals surface area contributed by atoms with Crippen molar-refractivity contribution in [3.05, 3.63) is 53.0 Å². The number of nitrogens with zero attached hydrogens (tertiary/aromatic N) is 6. The summed E-state index contributed by atoms with van der Waals surface area (Å²) in [7, 11) is 4.11. The summed E-state index contributed by atoms with van der Waals surface area (Å²) < 4.78 is 16.0. The van der Waals surface area contributed by atoms with E-state index in [1.807, 2.05) is 20.0 Å². The van der Waals surface area contributed by atoms with Crippen LogP contribution >= 0.6 is 11.6 Å². The standard InChI is InChI=1S/C26H31ClFN7O/c1-26(2)21-22(32-25(26)36)29-15-30-24(21)34-9-7-16(8-10-34)23-31-20(14-35(23)12-11-33(3)4)17-5-6-19(28)18(27)13-17/h5-6,13-16H,7-12H2,1-4H3,(H,29,30,32,36). The van der Waals surface area contributed by atoms with E-state index in [-0.39, 0.29) is 16.8 Å². The van der Waals surface area contributed by atoms with Gasteiger partial charge in [0.15, 0.2) is 0 Å². The van der Waals surface area contributed by atoms with Gasteiger partial charge in [-0.25, -0.2) is 19.3 Å². The van der Waals surface area contributed by atoms with Crippen molar-refractivity contribution in [2.75, 3.05) is 43.9 Å². The lowest BCUT2D eigenvalue weighted by Gasteiger charge is -2.34. The summed E-state index contributed by atoms with van der Waals surface area (Å²) in [6.07, 6.45) is 5.38. The average Bonchev–Trinajstić information content (AvgIpc) is 3.38. The number of piperidine rings is 1. The molecule has 0 saturated carbocycles. The SMILES string of the molecule is CN(C)CCn1cc(-c2ccc(F)c(Cl)c2)nc1C1CCN(c2ncnc3c2C(C)(C)C(=O)N3)CC1. The van der Waals surface area contributed by atoms with Gasteiger partial charge in [-0.05, 0) is 59.0 Å². The van der Waals surface area contributed by atoms with Crippen molar-refractivity contribution in [1.82, 2.24) is 24.4 Å². The first-order valence-corrected chi connectivity index (χ1v) is 12.6. The molecule has 3 aromatic rings. The molecule has 2 aromatic heterocycles. The number of amides is 1. The minimum Gasteiger partial charge on any atom is -0.356 e. The highest BCUT2D eigenvalue weighted by molar-refractivity contribution is 6.31. The molecule has 1 saturated heterocycles. The first-order chi connectivity index (χ1) is 17.1. The van der Waals surface area contributed by atoms with Crippen LogP contribution < -0.4 is 10.2 Å². The first kappa shape index (κ1) is 24.6. The Morgan fingerprint density at radius 2 is 1.97 bits per heavy atom. The number of rotatable bonds is 6. The van der Waals surface area contributed by atoms with E-state index < -0.39 is 11.2 Å². The summed E-state index contributed by atoms with van der Waals surface area (Å²) in [6, 6.07) is 4.74. The van der Waals surface area contributed by atoms with Crippen LogP contribution in [-0.2, 0) is 16.8 Å². The van der Waals surface area contributed by atoms with Crippen molar-refractivity contribution >= 4 is 29.1 Å². The number of hydrogen-bond donors (Lipinski definition) is 1. The Balaban J connectivity index is 1.39. The van der Waals surface area contributed by atoms with Gasteiger partial charge in [0, 0.05) is 43.9 Å². The van der Waals surface area contributed by atoms with Gasteiger partial charge in [-0.15, -0.1) is 0 Å². The lowest BCUT2D eigenvalue weighted by Crippen LogP contribution is -2.37. The van der Waals surface area contributed by atoms with Crippen molar-refractivity contribution in [3.8, 4) is 11.3 Å². The highest BCUT2D eigenvalue weighted by Gasteiger charge is 2.43. The van der Waals surface area contributed by atoms with Crippen LogP contribution in [0.1, 0.15) is 44.0 Å². The summed E-state index contributed by atoms with van der Waals surface area (Å²) in [5.74, 6) is 2.27. The van der Waals surface area contributed by atoms with Crippen molar-refractivity contribution in [1.29, 1.82) is 0 Å². The van der Waals surface area contributed by atoms with Gasteiger partial charge in [0.2, 0.25) is 5.91 Å². The van der Waals surface area contributed by atoms with E-state index >= 15 is 0 Å². The quantitative estimate of drug-likeness (QED) is 0.531. The van der Waals surface area contributed by atoms with Gasteiger partial charge in [-0.1, -0.05) is 11.6 Å². The Kier molecular flexibility index (Phi) is 6.46. The molecule has 0 atom stereocenters. The van der Waals surface area contributed by atoms with Gasteiger partial charge in [-0.2, -0.15) is 0 Å². The number of carbonyl (C=O) groups excluding carboxylic acids is 1. The van der Waals surface area contributed by atoms with Crippen LogP contribution in [0.5, 0.6) is 0 Å². The molecular formula is C26H31ClFN7O. The molecule has 1 fully saturated rings. The molecule has 0 spiro atoms. The van der Waals surface area contributed by atoms with E-state index in [1.165, 1.54) is 12.4 Å². The van der Waals surface area contributed by atoms with E-state index in [0.717, 1.165) is 67.5 Å². The molecule has 0 radical (unpaired) electrons. The number of nitrogens with one attached hydrogen (secondary N) is 1. The summed E-state index contributed by atoms with van der Waals surface area (Å²) in [6.45, 7) is 7.13. The Labute approximate surface area is 215 Å². The van der Waals surface area contributed by atoms with Gasteiger partial charge in [0.05, 0.1) is 21.7 Å². The fourth-order valence-corrected chi connectivity index (χ4v) is 5.23. The Hall–Kier alpha value is -3.04. The lowest BCUT2D eigenvalue weighted by molar-refractivity contribution is -0.119. The molecule has 1 N–H and O–H groups in total. The molecule has 2 aliphatic rings. The highest BCUT2D eigenvalue weighted by Crippen LogP contribution is 2.42. The highest BCUT2D eigenvalue weighted by atomic mass is 35.5. The number of halogens is 2. The smallest absolute Gasteiger partial charge is 0.235 e. The van der Waals surface area contributed by atoms with Crippen molar-refractivity contribution in [3.63, 3.8) is 0 Å². The third-order valence-corrected chi connectivity index (χ3v) is 7.51. The predicted octanol–water partition coefficient (Wildman–Crippen LogP) is 4.31. The maximum absolute atomic E-state index is 13.7. The van der Waals surface area contributed by atoms with Crippen molar-refractivity contribution in [2.24, 2.45) is 0 Å². The normalized spacial score (nSPS) is 17.5. The predicted molar refractivity (Wildman–Crippen MR) is 139 cm³/mol. The van der Waals surface area contributed by atoms with E-state index in [4.69, 9.17) is 16.6 Å². The largest absolute Gasteiger partial charge is 0.356 e. The molecule has 8 nitrogen and oxygen atoms in total. The van der Waals surface area contributed by atoms with Gasteiger partial charge in [-0.3, -0.25) is 4.79 Å². The molecule has 1 amide bonds. The summed E-state index contributed by atoms with van der Waals surface area (Å²) >= 11 is 6.05. The third kappa shape index (κ3) is 4.46. The maximum Gasteiger partial charge on any atom is 0.235 e. The second-order valence-electron chi connectivity index (χ2n) is 10.4. The monoisotopic (exact) mass is 511 g/mol. The van der Waals surface area contributed by atoms with Crippen LogP contribution in [0.25, 0.3) is 11.3 Å². The number of benzene rings is 1. The molecule has 0 aliphatic carbocycles. The minimum absolute atomic E-state index is 0.0505. The van der Waals surface area contributed by atoms with Crippen LogP contribution in [0, 0.1) is 5.82 Å². The lowest BCUT2D eigenvalue weighted by atomic mass is 9.86. The van der Waals surface area contributed by atoms with E-state index in [2.05, 4.69) is 43.7 Å². The minimum atomic E-state index is -0.670. The fraction of sp³-hybridized carbons (Fsp3) is 0.462. The number of hydrogen-bond acceptors (Lipinski definition) is 6. The van der Waals surface area contributed by atoms with E-state index in [1.54, 1.807) is 12.1 Å². The number of anilines is 2. The molecule has 2 aliphatic heterocycles. The van der Waals surface area contributed by atoms with E-state index in [0.29, 0.717) is 5.82 Å². The molecule has 0 bridgehead atoms. The zero-order valence-electron chi connectivity index (χ0n) is 21.1. The van der Waals surface area contributed by atoms with Crippen LogP contribution in [0.3, 0.4) is 0 Å². The molecule has 0 unspecified atom stereocenters. The van der Waals surface area contributed by atoms with Crippen LogP contribution in [-0.4, -0.2) is 64.1 Å². The summed E-state index contributed by atoms with van der Waals surface area (Å²) in [5.41, 5.74) is 1.81. The second kappa shape index (κ2) is 9.44. The Morgan fingerprint density at radius 3 is 2.67 bits per heavy atom. The number of aromatic nitrogens is 4. The summed E-state index contributed by atoms with van der Waals surface area (Å²) in [5, 5.41) is 2.99. The third-order valence-electron chi connectivity index (χ3n) is 7.22. The molecule has 36 heavy (non-hydrogen) atoms. The maximum atomic E-state index is 13.7. The zero-order valence-corrected chi connectivity index (χ0v) is 21.8. The number of likely N-dealkylation sites (N-methyl/N-ethyl adjacent to an activating group) is 1. The Morgan fingerprint density at radius 1 is 1.22 bits per heavy atom. The molecule has 190 valence electrons. The van der Waals surface area contributed by atoms with E-state index in [9.17, 15) is 9.18 Å². The zero-order chi connectivity index (χ0) is 25.6. The Bertz CT molecular complexity index is 1300. The molecule has 10 heteroatoms. The second-order valence-corrected chi connectivity index (χ2v) is 10.8. The van der Waals surface area contributed by atoms with Gasteiger partial charge >= 0.3 is 0 Å². The number of carbonyl (C=O) groups is 1. The van der Waals surface area contributed by atoms with Crippen molar-refractivity contribution in [2.45, 2.75) is 44.6 Å². The topological polar surface area (TPSA) is 79.2 Å². The van der Waals surface area contributed by atoms with Crippen LogP contribution in [0.2, 0.25) is 5.02 Å².